The predicted molar refractivity (Wildman–Crippen MR) is 111 cm³/mol. The average molecular weight is 376 g/mol. The van der Waals surface area contributed by atoms with E-state index in [2.05, 4.69) is 15.3 Å². The maximum absolute atomic E-state index is 12.8. The van der Waals surface area contributed by atoms with Crippen LogP contribution in [0.1, 0.15) is 22.8 Å². The van der Waals surface area contributed by atoms with Crippen molar-refractivity contribution in [3.05, 3.63) is 78.1 Å². The zero-order chi connectivity index (χ0) is 19.8. The van der Waals surface area contributed by atoms with Crippen molar-refractivity contribution in [1.82, 2.24) is 9.97 Å². The van der Waals surface area contributed by atoms with Crippen LogP contribution in [0.25, 0.3) is 0 Å². The molecule has 0 spiro atoms. The molecule has 3 aromatic rings. The second-order valence-corrected chi connectivity index (χ2v) is 6.21. The van der Waals surface area contributed by atoms with Gasteiger partial charge in [-0.25, -0.2) is 9.97 Å². The van der Waals surface area contributed by atoms with Gasteiger partial charge >= 0.3 is 0 Å². The van der Waals surface area contributed by atoms with Crippen LogP contribution in [0.2, 0.25) is 0 Å². The molecular formula is C22H24N4O2. The largest absolute Gasteiger partial charge is 0.497 e. The molecule has 0 aliphatic carbocycles. The number of aromatic nitrogens is 2. The van der Waals surface area contributed by atoms with Gasteiger partial charge in [0, 0.05) is 31.2 Å². The van der Waals surface area contributed by atoms with E-state index in [4.69, 9.17) is 4.74 Å². The fourth-order valence-corrected chi connectivity index (χ4v) is 2.85. The third-order valence-electron chi connectivity index (χ3n) is 4.38. The lowest BCUT2D eigenvalue weighted by Gasteiger charge is -2.20. The van der Waals surface area contributed by atoms with Gasteiger partial charge in [-0.3, -0.25) is 4.79 Å². The van der Waals surface area contributed by atoms with Gasteiger partial charge in [-0.1, -0.05) is 30.3 Å². The molecule has 6 nitrogen and oxygen atoms in total. The maximum Gasteiger partial charge on any atom is 0.261 e. The first kappa shape index (κ1) is 19.4. The SMILES string of the molecule is CCN(C(=O)c1cnc(NCCc2ccc(OC)cc2)nc1)c1ccccc1. The van der Waals surface area contributed by atoms with Gasteiger partial charge in [-0.05, 0) is 43.2 Å². The van der Waals surface area contributed by atoms with Gasteiger partial charge in [0.2, 0.25) is 5.95 Å². The molecule has 1 aromatic heterocycles. The number of methoxy groups -OCH3 is 1. The molecule has 0 radical (unpaired) electrons. The second kappa shape index (κ2) is 9.50. The monoisotopic (exact) mass is 376 g/mol. The molecule has 3 rings (SSSR count). The number of hydrogen-bond acceptors (Lipinski definition) is 5. The number of ether oxygens (including phenoxy) is 1. The van der Waals surface area contributed by atoms with E-state index in [1.54, 1.807) is 24.4 Å². The van der Waals surface area contributed by atoms with Crippen molar-refractivity contribution in [2.75, 3.05) is 30.4 Å². The molecule has 0 aliphatic heterocycles. The number of nitrogens with zero attached hydrogens (tertiary/aromatic N) is 3. The van der Waals surface area contributed by atoms with Crippen molar-refractivity contribution in [1.29, 1.82) is 0 Å². The van der Waals surface area contributed by atoms with Crippen molar-refractivity contribution < 1.29 is 9.53 Å². The summed E-state index contributed by atoms with van der Waals surface area (Å²) in [6.45, 7) is 3.22. The van der Waals surface area contributed by atoms with E-state index in [0.717, 1.165) is 17.9 Å². The topological polar surface area (TPSA) is 67.4 Å². The number of anilines is 2. The first-order valence-corrected chi connectivity index (χ1v) is 9.27. The summed E-state index contributed by atoms with van der Waals surface area (Å²) in [5.74, 6) is 1.24. The summed E-state index contributed by atoms with van der Waals surface area (Å²) >= 11 is 0. The van der Waals surface area contributed by atoms with Gasteiger partial charge in [0.25, 0.3) is 5.91 Å². The third kappa shape index (κ3) is 4.85. The van der Waals surface area contributed by atoms with Crippen molar-refractivity contribution in [2.45, 2.75) is 13.3 Å². The molecular weight excluding hydrogens is 352 g/mol. The quantitative estimate of drug-likeness (QED) is 0.648. The lowest BCUT2D eigenvalue weighted by atomic mass is 10.1. The highest BCUT2D eigenvalue weighted by atomic mass is 16.5. The smallest absolute Gasteiger partial charge is 0.261 e. The van der Waals surface area contributed by atoms with Crippen molar-refractivity contribution in [3.8, 4) is 5.75 Å². The molecule has 1 N–H and O–H groups in total. The molecule has 0 saturated heterocycles. The minimum Gasteiger partial charge on any atom is -0.497 e. The molecule has 0 fully saturated rings. The van der Waals surface area contributed by atoms with Crippen LogP contribution in [0, 0.1) is 0 Å². The average Bonchev–Trinajstić information content (AvgIpc) is 2.76. The molecule has 0 saturated carbocycles. The third-order valence-corrected chi connectivity index (χ3v) is 4.38. The first-order chi connectivity index (χ1) is 13.7. The number of para-hydroxylation sites is 1. The van der Waals surface area contributed by atoms with Crippen molar-refractivity contribution in [2.24, 2.45) is 0 Å². The zero-order valence-electron chi connectivity index (χ0n) is 16.1. The molecule has 0 aliphatic rings. The molecule has 28 heavy (non-hydrogen) atoms. The van der Waals surface area contributed by atoms with E-state index in [1.165, 1.54) is 5.56 Å². The van der Waals surface area contributed by atoms with E-state index in [1.807, 2.05) is 61.5 Å². The highest BCUT2D eigenvalue weighted by Gasteiger charge is 2.16. The number of carbonyl (C=O) groups is 1. The van der Waals surface area contributed by atoms with Crippen LogP contribution in [0.5, 0.6) is 5.75 Å². The van der Waals surface area contributed by atoms with Gasteiger partial charge in [0.15, 0.2) is 0 Å². The van der Waals surface area contributed by atoms with E-state index in [0.29, 0.717) is 24.6 Å². The summed E-state index contributed by atoms with van der Waals surface area (Å²) in [6, 6.07) is 17.5. The summed E-state index contributed by atoms with van der Waals surface area (Å²) in [7, 11) is 1.65. The van der Waals surface area contributed by atoms with E-state index < -0.39 is 0 Å². The Morgan fingerprint density at radius 1 is 1.04 bits per heavy atom. The lowest BCUT2D eigenvalue weighted by Crippen LogP contribution is -2.30. The van der Waals surface area contributed by atoms with Gasteiger partial charge in [0.1, 0.15) is 5.75 Å². The minimum atomic E-state index is -0.113. The Morgan fingerprint density at radius 2 is 1.71 bits per heavy atom. The summed E-state index contributed by atoms with van der Waals surface area (Å²) < 4.78 is 5.16. The Hall–Kier alpha value is -3.41. The van der Waals surface area contributed by atoms with Gasteiger partial charge in [-0.2, -0.15) is 0 Å². The Morgan fingerprint density at radius 3 is 2.32 bits per heavy atom. The van der Waals surface area contributed by atoms with E-state index in [9.17, 15) is 4.79 Å². The van der Waals surface area contributed by atoms with Crippen LogP contribution in [0.4, 0.5) is 11.6 Å². The minimum absolute atomic E-state index is 0.113. The Kier molecular flexibility index (Phi) is 6.57. The maximum atomic E-state index is 12.8. The number of carbonyl (C=O) groups excluding carboxylic acids is 1. The summed E-state index contributed by atoms with van der Waals surface area (Å²) in [5, 5.41) is 3.18. The van der Waals surface area contributed by atoms with Crippen LogP contribution < -0.4 is 15.0 Å². The Balaban J connectivity index is 1.57. The van der Waals surface area contributed by atoms with Crippen molar-refractivity contribution >= 4 is 17.5 Å². The highest BCUT2D eigenvalue weighted by molar-refractivity contribution is 6.05. The van der Waals surface area contributed by atoms with Gasteiger partial charge in [-0.15, -0.1) is 0 Å². The summed E-state index contributed by atoms with van der Waals surface area (Å²) in [5.41, 5.74) is 2.52. The van der Waals surface area contributed by atoms with Crippen LogP contribution in [-0.2, 0) is 6.42 Å². The van der Waals surface area contributed by atoms with Crippen LogP contribution in [0.15, 0.2) is 67.0 Å². The van der Waals surface area contributed by atoms with E-state index >= 15 is 0 Å². The zero-order valence-corrected chi connectivity index (χ0v) is 16.1. The standard InChI is InChI=1S/C22H24N4O2/c1-3-26(19-7-5-4-6-8-19)21(27)18-15-24-22(25-16-18)23-14-13-17-9-11-20(28-2)12-10-17/h4-12,15-16H,3,13-14H2,1-2H3,(H,23,24,25). The highest BCUT2D eigenvalue weighted by Crippen LogP contribution is 2.16. The Labute approximate surface area is 165 Å². The fourth-order valence-electron chi connectivity index (χ4n) is 2.85. The summed E-state index contributed by atoms with van der Waals surface area (Å²) in [4.78, 5) is 23.0. The number of rotatable bonds is 8. The first-order valence-electron chi connectivity index (χ1n) is 9.27. The van der Waals surface area contributed by atoms with Crippen LogP contribution in [0.3, 0.4) is 0 Å². The second-order valence-electron chi connectivity index (χ2n) is 6.21. The Bertz CT molecular complexity index is 881. The summed E-state index contributed by atoms with van der Waals surface area (Å²) in [6.07, 6.45) is 3.97. The lowest BCUT2D eigenvalue weighted by molar-refractivity contribution is 0.0987. The molecule has 6 heteroatoms. The number of hydrogen-bond donors (Lipinski definition) is 1. The molecule has 0 atom stereocenters. The van der Waals surface area contributed by atoms with E-state index in [-0.39, 0.29) is 5.91 Å². The number of benzene rings is 2. The van der Waals surface area contributed by atoms with Crippen molar-refractivity contribution in [3.63, 3.8) is 0 Å². The van der Waals surface area contributed by atoms with Gasteiger partial charge < -0.3 is 15.0 Å². The predicted octanol–water partition coefficient (Wildman–Crippen LogP) is 3.81. The molecule has 0 unspecified atom stereocenters. The normalized spacial score (nSPS) is 10.4. The molecule has 144 valence electrons. The molecule has 1 heterocycles. The molecule has 0 bridgehead atoms. The van der Waals surface area contributed by atoms with Crippen LogP contribution >= 0.6 is 0 Å². The number of amides is 1. The van der Waals surface area contributed by atoms with Crippen LogP contribution in [-0.4, -0.2) is 36.1 Å². The molecule has 1 amide bonds. The molecule has 2 aromatic carbocycles. The number of nitrogens with one attached hydrogen (secondary N) is 1. The van der Waals surface area contributed by atoms with Gasteiger partial charge in [0.05, 0.1) is 12.7 Å². The fraction of sp³-hybridized carbons (Fsp3) is 0.227.